The van der Waals surface area contributed by atoms with Gasteiger partial charge in [-0.15, -0.1) is 0 Å². The van der Waals surface area contributed by atoms with Crippen LogP contribution < -0.4 is 0 Å². The van der Waals surface area contributed by atoms with Crippen molar-refractivity contribution in [1.82, 2.24) is 0 Å². The Morgan fingerprint density at radius 2 is 1.18 bits per heavy atom. The Hall–Kier alpha value is -0.880. The fourth-order valence-electron chi connectivity index (χ4n) is 1.07. The zero-order valence-electron chi connectivity index (χ0n) is 10.4. The Bertz CT molecular complexity index is 373. The molecule has 0 radical (unpaired) electrons. The van der Waals surface area contributed by atoms with Crippen LogP contribution >= 0.6 is 0 Å². The third kappa shape index (κ3) is 3.38. The Morgan fingerprint density at radius 3 is 1.50 bits per heavy atom. The molecule has 1 unspecified atom stereocenters. The van der Waals surface area contributed by atoms with Crippen LogP contribution in [-0.4, -0.2) is 42.8 Å². The molecular formula is C9H8F12O. The van der Waals surface area contributed by atoms with Gasteiger partial charge in [0.15, 0.2) is 0 Å². The molecule has 0 saturated carbocycles. The summed E-state index contributed by atoms with van der Waals surface area (Å²) in [5.74, 6) is -22.0. The van der Waals surface area contributed by atoms with Gasteiger partial charge in [0.05, 0.1) is 6.61 Å². The smallest absolute Gasteiger partial charge is 0.318 e. The molecule has 0 bridgehead atoms. The SMILES string of the molecule is CCCOC(F)(F)C(F)C(F)(F)C(F)(F)C(F)(F)C(F)(F)F. The van der Waals surface area contributed by atoms with E-state index in [1.807, 2.05) is 0 Å². The first-order chi connectivity index (χ1) is 9.47. The summed E-state index contributed by atoms with van der Waals surface area (Å²) in [7, 11) is 0. The van der Waals surface area contributed by atoms with Gasteiger partial charge in [0, 0.05) is 0 Å². The molecule has 0 aromatic rings. The van der Waals surface area contributed by atoms with Gasteiger partial charge in [-0.25, -0.2) is 4.39 Å². The van der Waals surface area contributed by atoms with E-state index in [-0.39, 0.29) is 6.42 Å². The van der Waals surface area contributed by atoms with Crippen LogP contribution in [0.3, 0.4) is 0 Å². The Balaban J connectivity index is 5.70. The van der Waals surface area contributed by atoms with Gasteiger partial charge in [0.1, 0.15) is 0 Å². The number of hydrogen-bond acceptors (Lipinski definition) is 1. The first kappa shape index (κ1) is 21.1. The highest BCUT2D eigenvalue weighted by molar-refractivity contribution is 5.05. The molecule has 0 aromatic carbocycles. The lowest BCUT2D eigenvalue weighted by Gasteiger charge is -2.36. The van der Waals surface area contributed by atoms with E-state index in [1.54, 1.807) is 0 Å². The summed E-state index contributed by atoms with van der Waals surface area (Å²) >= 11 is 0. The molecular weight excluding hydrogens is 352 g/mol. The van der Waals surface area contributed by atoms with Crippen molar-refractivity contribution in [2.45, 2.75) is 49.6 Å². The van der Waals surface area contributed by atoms with Gasteiger partial charge >= 0.3 is 30.1 Å². The minimum Gasteiger partial charge on any atom is -0.318 e. The van der Waals surface area contributed by atoms with Crippen LogP contribution in [0.4, 0.5) is 52.7 Å². The summed E-state index contributed by atoms with van der Waals surface area (Å²) in [6.45, 7) is -0.0153. The van der Waals surface area contributed by atoms with Crippen LogP contribution in [0.15, 0.2) is 0 Å². The quantitative estimate of drug-likeness (QED) is 0.592. The fourth-order valence-corrected chi connectivity index (χ4v) is 1.07. The van der Waals surface area contributed by atoms with Crippen molar-refractivity contribution in [3.8, 4) is 0 Å². The summed E-state index contributed by atoms with van der Waals surface area (Å²) < 4.78 is 153. The second kappa shape index (κ2) is 5.96. The minimum absolute atomic E-state index is 0.330. The monoisotopic (exact) mass is 360 g/mol. The number of rotatable bonds is 7. The van der Waals surface area contributed by atoms with Crippen molar-refractivity contribution in [1.29, 1.82) is 0 Å². The summed E-state index contributed by atoms with van der Waals surface area (Å²) in [5.41, 5.74) is 0. The van der Waals surface area contributed by atoms with Crippen LogP contribution in [0.2, 0.25) is 0 Å². The Labute approximate surface area is 115 Å². The third-order valence-corrected chi connectivity index (χ3v) is 2.28. The standard InChI is InChI=1S/C9H8F12O/c1-2-3-22-6(13,14)4(10)5(11,12)7(15,16)8(17,18)9(19,20)21/h4H,2-3H2,1H3. The molecule has 0 N–H and O–H groups in total. The van der Waals surface area contributed by atoms with Crippen LogP contribution in [0.5, 0.6) is 0 Å². The molecule has 0 aliphatic carbocycles. The topological polar surface area (TPSA) is 9.23 Å². The van der Waals surface area contributed by atoms with Crippen molar-refractivity contribution in [2.24, 2.45) is 0 Å². The molecule has 0 spiro atoms. The van der Waals surface area contributed by atoms with Gasteiger partial charge < -0.3 is 4.74 Å². The molecule has 1 nitrogen and oxygen atoms in total. The van der Waals surface area contributed by atoms with Gasteiger partial charge in [-0.2, -0.15) is 48.3 Å². The highest BCUT2D eigenvalue weighted by Gasteiger charge is 2.85. The zero-order chi connectivity index (χ0) is 18.2. The summed E-state index contributed by atoms with van der Waals surface area (Å²) in [6.07, 6.45) is -18.7. The number of ether oxygens (including phenoxy) is 1. The summed E-state index contributed by atoms with van der Waals surface area (Å²) in [5, 5.41) is 0. The van der Waals surface area contributed by atoms with E-state index in [0.29, 0.717) is 0 Å². The predicted octanol–water partition coefficient (Wildman–Crippen LogP) is 4.81. The molecule has 134 valence electrons. The third-order valence-electron chi connectivity index (χ3n) is 2.28. The Kier molecular flexibility index (Phi) is 5.72. The highest BCUT2D eigenvalue weighted by atomic mass is 19.4. The molecule has 0 aromatic heterocycles. The maximum atomic E-state index is 12.9. The Morgan fingerprint density at radius 1 is 0.773 bits per heavy atom. The van der Waals surface area contributed by atoms with Crippen molar-refractivity contribution >= 4 is 0 Å². The van der Waals surface area contributed by atoms with Crippen molar-refractivity contribution in [3.05, 3.63) is 0 Å². The average molecular weight is 360 g/mol. The second-order valence-electron chi connectivity index (χ2n) is 4.04. The molecule has 0 aliphatic heterocycles. The lowest BCUT2D eigenvalue weighted by molar-refractivity contribution is -0.421. The minimum atomic E-state index is -7.48. The molecule has 0 heterocycles. The van der Waals surface area contributed by atoms with Crippen LogP contribution in [-0.2, 0) is 4.74 Å². The van der Waals surface area contributed by atoms with Gasteiger partial charge in [0.25, 0.3) is 6.17 Å². The fraction of sp³-hybridized carbons (Fsp3) is 1.00. The van der Waals surface area contributed by atoms with Crippen molar-refractivity contribution in [3.63, 3.8) is 0 Å². The van der Waals surface area contributed by atoms with E-state index in [2.05, 4.69) is 4.74 Å². The molecule has 0 saturated heterocycles. The average Bonchev–Trinajstić information content (AvgIpc) is 2.33. The largest absolute Gasteiger partial charge is 0.460 e. The van der Waals surface area contributed by atoms with E-state index >= 15 is 0 Å². The van der Waals surface area contributed by atoms with Gasteiger partial charge in [-0.05, 0) is 6.42 Å². The molecule has 1 atom stereocenters. The normalized spacial score (nSPS) is 16.8. The maximum absolute atomic E-state index is 12.9. The van der Waals surface area contributed by atoms with Gasteiger partial charge in [0.2, 0.25) is 0 Å². The predicted molar refractivity (Wildman–Crippen MR) is 47.0 cm³/mol. The number of halogens is 12. The zero-order valence-corrected chi connectivity index (χ0v) is 10.4. The number of alkyl halides is 12. The van der Waals surface area contributed by atoms with Gasteiger partial charge in [-0.1, -0.05) is 6.92 Å². The second-order valence-corrected chi connectivity index (χ2v) is 4.04. The van der Waals surface area contributed by atoms with Crippen molar-refractivity contribution in [2.75, 3.05) is 6.61 Å². The molecule has 0 fully saturated rings. The van der Waals surface area contributed by atoms with Crippen LogP contribution in [0, 0.1) is 0 Å². The van der Waals surface area contributed by atoms with Crippen LogP contribution in [0.1, 0.15) is 13.3 Å². The van der Waals surface area contributed by atoms with E-state index < -0.39 is 42.8 Å². The van der Waals surface area contributed by atoms with Gasteiger partial charge in [-0.3, -0.25) is 0 Å². The first-order valence-corrected chi connectivity index (χ1v) is 5.32. The van der Waals surface area contributed by atoms with E-state index in [1.165, 1.54) is 0 Å². The molecule has 13 heteroatoms. The molecule has 22 heavy (non-hydrogen) atoms. The van der Waals surface area contributed by atoms with E-state index in [9.17, 15) is 52.7 Å². The summed E-state index contributed by atoms with van der Waals surface area (Å²) in [4.78, 5) is 0. The van der Waals surface area contributed by atoms with E-state index in [4.69, 9.17) is 0 Å². The lowest BCUT2D eigenvalue weighted by Crippen LogP contribution is -2.66. The number of hydrogen-bond donors (Lipinski definition) is 0. The van der Waals surface area contributed by atoms with Crippen molar-refractivity contribution < 1.29 is 57.4 Å². The highest BCUT2D eigenvalue weighted by Crippen LogP contribution is 2.56. The maximum Gasteiger partial charge on any atom is 0.460 e. The van der Waals surface area contributed by atoms with E-state index in [0.717, 1.165) is 6.92 Å². The molecule has 0 rings (SSSR count). The summed E-state index contributed by atoms with van der Waals surface area (Å²) in [6, 6.07) is 0. The molecule has 0 aliphatic rings. The molecule has 0 amide bonds. The first-order valence-electron chi connectivity index (χ1n) is 5.32. The lowest BCUT2D eigenvalue weighted by atomic mass is 9.99. The van der Waals surface area contributed by atoms with Crippen LogP contribution in [0.25, 0.3) is 0 Å².